The number of fused-ring (bicyclic) bond motifs is 4. The van der Waals surface area contributed by atoms with E-state index in [4.69, 9.17) is 9.47 Å². The van der Waals surface area contributed by atoms with Gasteiger partial charge in [-0.2, -0.15) is 5.26 Å². The molecule has 11 nitrogen and oxygen atoms in total. The minimum absolute atomic E-state index is 0.0467. The number of hydrogen-bond donors (Lipinski definition) is 1. The summed E-state index contributed by atoms with van der Waals surface area (Å²) in [5.41, 5.74) is 0.613. The van der Waals surface area contributed by atoms with Crippen molar-refractivity contribution in [1.29, 1.82) is 5.26 Å². The molecule has 0 spiro atoms. The van der Waals surface area contributed by atoms with Gasteiger partial charge in [-0.05, 0) is 31.9 Å². The molecule has 1 N–H and O–H groups in total. The Kier molecular flexibility index (Phi) is 6.26. The van der Waals surface area contributed by atoms with E-state index >= 15 is 8.78 Å². The fourth-order valence-corrected chi connectivity index (χ4v) is 6.49. The fourth-order valence-electron chi connectivity index (χ4n) is 5.45. The van der Waals surface area contributed by atoms with E-state index in [0.717, 1.165) is 17.5 Å². The SMILES string of the molecule is CC(C)(C)OC(=O)Nc1sc2c(F)cnc(-c3c4c(c5cnc(N6CC(n7ccnc7)C6)nc5c3F)COC4)c2c1C#N. The topological polar surface area (TPSA) is 131 Å². The maximum Gasteiger partial charge on any atom is 0.412 e. The van der Waals surface area contributed by atoms with Crippen LogP contribution >= 0.6 is 11.3 Å². The molecule has 1 fully saturated rings. The molecule has 0 bridgehead atoms. The third kappa shape index (κ3) is 4.52. The van der Waals surface area contributed by atoms with Crippen LogP contribution in [0, 0.1) is 23.0 Å². The standard InChI is InChI=1S/C29H24F2N8O3S/c1-29(2,3)42-28(40)37-26-15(6-32)21-24(34-8-19(30)25(21)43-26)20-18-12-41-11-17(18)16-7-35-27(36-23(16)22(20)31)39-9-14(10-39)38-5-4-33-13-38/h4-5,7-8,13-14H,9-12H2,1-3H3,(H,37,40). The Morgan fingerprint density at radius 1 is 1.21 bits per heavy atom. The lowest BCUT2D eigenvalue weighted by atomic mass is 9.94. The first-order valence-corrected chi connectivity index (χ1v) is 14.3. The Morgan fingerprint density at radius 3 is 2.72 bits per heavy atom. The van der Waals surface area contributed by atoms with Gasteiger partial charge in [0.2, 0.25) is 5.95 Å². The van der Waals surface area contributed by atoms with Crippen molar-refractivity contribution < 1.29 is 23.0 Å². The minimum Gasteiger partial charge on any atom is -0.444 e. The van der Waals surface area contributed by atoms with E-state index < -0.39 is 23.3 Å². The summed E-state index contributed by atoms with van der Waals surface area (Å²) in [5, 5.41) is 13.4. The number of aromatic nitrogens is 5. The zero-order valence-corrected chi connectivity index (χ0v) is 24.1. The third-order valence-electron chi connectivity index (χ3n) is 7.41. The van der Waals surface area contributed by atoms with Crippen molar-refractivity contribution in [2.75, 3.05) is 23.3 Å². The van der Waals surface area contributed by atoms with Crippen molar-refractivity contribution in [2.24, 2.45) is 0 Å². The summed E-state index contributed by atoms with van der Waals surface area (Å²) < 4.78 is 44.9. The molecule has 0 atom stereocenters. The molecule has 218 valence electrons. The van der Waals surface area contributed by atoms with Crippen LogP contribution in [0.4, 0.5) is 24.5 Å². The number of hydrogen-bond acceptors (Lipinski definition) is 10. The number of anilines is 2. The van der Waals surface area contributed by atoms with E-state index in [1.165, 1.54) is 0 Å². The number of benzene rings is 1. The van der Waals surface area contributed by atoms with Gasteiger partial charge in [0.1, 0.15) is 22.2 Å². The molecule has 4 aromatic heterocycles. The quantitative estimate of drug-likeness (QED) is 0.276. The number of imidazole rings is 1. The number of carbonyl (C=O) groups is 1. The lowest BCUT2D eigenvalue weighted by molar-refractivity contribution is 0.0636. The fraction of sp³-hybridized carbons (Fsp3) is 0.310. The highest BCUT2D eigenvalue weighted by molar-refractivity contribution is 7.23. The number of rotatable bonds is 4. The molecular formula is C29H24F2N8O3S. The number of carbonyl (C=O) groups excluding carboxylic acids is 1. The first-order chi connectivity index (χ1) is 20.6. The molecule has 1 amide bonds. The summed E-state index contributed by atoms with van der Waals surface area (Å²) in [6.45, 7) is 6.67. The van der Waals surface area contributed by atoms with Gasteiger partial charge in [-0.1, -0.05) is 0 Å². The normalized spacial score (nSPS) is 15.0. The van der Waals surface area contributed by atoms with Crippen LogP contribution in [0.25, 0.3) is 32.2 Å². The van der Waals surface area contributed by atoms with Gasteiger partial charge in [-0.25, -0.2) is 28.5 Å². The van der Waals surface area contributed by atoms with Crippen LogP contribution in [0.15, 0.2) is 31.1 Å². The Hall–Kier alpha value is -4.74. The first kappa shape index (κ1) is 27.1. The van der Waals surface area contributed by atoms with Gasteiger partial charge < -0.3 is 18.9 Å². The predicted octanol–water partition coefficient (Wildman–Crippen LogP) is 5.69. The van der Waals surface area contributed by atoms with Gasteiger partial charge in [0.25, 0.3) is 0 Å². The Labute approximate surface area is 247 Å². The van der Waals surface area contributed by atoms with Crippen molar-refractivity contribution in [1.82, 2.24) is 24.5 Å². The number of ether oxygens (including phenoxy) is 2. The average molecular weight is 603 g/mol. The maximum atomic E-state index is 16.7. The van der Waals surface area contributed by atoms with Crippen molar-refractivity contribution in [3.8, 4) is 17.3 Å². The van der Waals surface area contributed by atoms with E-state index in [1.54, 1.807) is 39.5 Å². The van der Waals surface area contributed by atoms with Crippen LogP contribution in [0.3, 0.4) is 0 Å². The molecule has 6 heterocycles. The van der Waals surface area contributed by atoms with Gasteiger partial charge >= 0.3 is 6.09 Å². The summed E-state index contributed by atoms with van der Waals surface area (Å²) in [5.74, 6) is -1.00. The lowest BCUT2D eigenvalue weighted by Gasteiger charge is -2.39. The second-order valence-electron chi connectivity index (χ2n) is 11.3. The van der Waals surface area contributed by atoms with E-state index in [9.17, 15) is 10.1 Å². The molecule has 2 aliphatic heterocycles. The molecule has 1 aromatic carbocycles. The first-order valence-electron chi connectivity index (χ1n) is 13.4. The maximum absolute atomic E-state index is 16.7. The predicted molar refractivity (Wildman–Crippen MR) is 155 cm³/mol. The Morgan fingerprint density at radius 2 is 2.00 bits per heavy atom. The summed E-state index contributed by atoms with van der Waals surface area (Å²) >= 11 is 0.855. The van der Waals surface area contributed by atoms with E-state index in [0.29, 0.717) is 35.6 Å². The van der Waals surface area contributed by atoms with Crippen molar-refractivity contribution in [2.45, 2.75) is 45.6 Å². The number of nitriles is 1. The van der Waals surface area contributed by atoms with Crippen LogP contribution in [-0.2, 0) is 22.7 Å². The highest BCUT2D eigenvalue weighted by Gasteiger charge is 2.33. The molecular weight excluding hydrogens is 578 g/mol. The molecule has 1 saturated heterocycles. The highest BCUT2D eigenvalue weighted by Crippen LogP contribution is 2.46. The molecule has 43 heavy (non-hydrogen) atoms. The number of amides is 1. The van der Waals surface area contributed by atoms with Crippen LogP contribution in [0.5, 0.6) is 0 Å². The van der Waals surface area contributed by atoms with Gasteiger partial charge in [0.05, 0.1) is 47.7 Å². The Bertz CT molecular complexity index is 1970. The van der Waals surface area contributed by atoms with Crippen molar-refractivity contribution in [3.63, 3.8) is 0 Å². The molecule has 7 rings (SSSR count). The summed E-state index contributed by atoms with van der Waals surface area (Å²) in [6.07, 6.45) is 7.15. The molecule has 0 radical (unpaired) electrons. The second kappa shape index (κ2) is 9.92. The lowest BCUT2D eigenvalue weighted by Crippen LogP contribution is -2.48. The van der Waals surface area contributed by atoms with Crippen LogP contribution < -0.4 is 10.2 Å². The van der Waals surface area contributed by atoms with Gasteiger partial charge in [0.15, 0.2) is 11.6 Å². The zero-order valence-electron chi connectivity index (χ0n) is 23.3. The number of nitrogens with zero attached hydrogens (tertiary/aromatic N) is 7. The summed E-state index contributed by atoms with van der Waals surface area (Å²) in [7, 11) is 0. The van der Waals surface area contributed by atoms with E-state index in [2.05, 4.69) is 25.3 Å². The monoisotopic (exact) mass is 602 g/mol. The molecule has 0 saturated carbocycles. The van der Waals surface area contributed by atoms with Crippen molar-refractivity contribution >= 4 is 49.4 Å². The largest absolute Gasteiger partial charge is 0.444 e. The highest BCUT2D eigenvalue weighted by atomic mass is 32.1. The average Bonchev–Trinajstić information content (AvgIpc) is 3.69. The Balaban J connectivity index is 1.36. The van der Waals surface area contributed by atoms with Crippen LogP contribution in [-0.4, -0.2) is 49.3 Å². The van der Waals surface area contributed by atoms with Gasteiger partial charge in [0, 0.05) is 48.0 Å². The van der Waals surface area contributed by atoms with E-state index in [-0.39, 0.29) is 56.7 Å². The van der Waals surface area contributed by atoms with Gasteiger partial charge in [-0.15, -0.1) is 11.3 Å². The molecule has 14 heteroatoms. The smallest absolute Gasteiger partial charge is 0.412 e. The number of thiophene rings is 1. The number of halogens is 2. The second-order valence-corrected chi connectivity index (χ2v) is 12.4. The summed E-state index contributed by atoms with van der Waals surface area (Å²) in [4.78, 5) is 32.0. The number of pyridine rings is 1. The van der Waals surface area contributed by atoms with Crippen LogP contribution in [0.1, 0.15) is 43.5 Å². The molecule has 0 aliphatic carbocycles. The summed E-state index contributed by atoms with van der Waals surface area (Å²) in [6, 6.07) is 2.25. The number of nitrogens with one attached hydrogen (secondary N) is 1. The third-order valence-corrected chi connectivity index (χ3v) is 8.52. The minimum atomic E-state index is -0.804. The molecule has 2 aliphatic rings. The zero-order chi connectivity index (χ0) is 30.0. The van der Waals surface area contributed by atoms with E-state index in [1.807, 2.05) is 21.7 Å². The van der Waals surface area contributed by atoms with Gasteiger partial charge in [-0.3, -0.25) is 10.3 Å². The molecule has 5 aromatic rings. The molecule has 0 unspecified atom stereocenters. The van der Waals surface area contributed by atoms with Crippen molar-refractivity contribution in [3.05, 3.63) is 59.4 Å². The van der Waals surface area contributed by atoms with Crippen LogP contribution in [0.2, 0.25) is 0 Å².